The lowest BCUT2D eigenvalue weighted by atomic mass is 10.0. The molecule has 9 heteroatoms. The maximum absolute atomic E-state index is 13.9. The Labute approximate surface area is 227 Å². The standard InChI is InChI=1S/C30H30N4O5/c1-37-24-11-7-10-22(16-24)20-34(30(36)25-19-31-14-15-32-25)28(23-12-13-26(38-2)27(17-23)39-3)29(35)33-18-21-8-5-4-6-9-21/h4-17,19,28H,18,20H2,1-3H3,(H,33,35)/t28-/m0/s1. The molecule has 0 aliphatic carbocycles. The number of carbonyl (C=O) groups excluding carboxylic acids is 2. The summed E-state index contributed by atoms with van der Waals surface area (Å²) in [5.74, 6) is 0.746. The molecule has 0 spiro atoms. The van der Waals surface area contributed by atoms with Gasteiger partial charge in [-0.05, 0) is 41.0 Å². The Morgan fingerprint density at radius 2 is 1.62 bits per heavy atom. The van der Waals surface area contributed by atoms with Crippen molar-refractivity contribution in [1.82, 2.24) is 20.2 Å². The Balaban J connectivity index is 1.80. The average molecular weight is 527 g/mol. The summed E-state index contributed by atoms with van der Waals surface area (Å²) < 4.78 is 16.3. The van der Waals surface area contributed by atoms with Crippen LogP contribution in [0.2, 0.25) is 0 Å². The van der Waals surface area contributed by atoms with Gasteiger partial charge in [-0.1, -0.05) is 48.5 Å². The van der Waals surface area contributed by atoms with Gasteiger partial charge in [0.25, 0.3) is 5.91 Å². The Bertz CT molecular complexity index is 1400. The van der Waals surface area contributed by atoms with Gasteiger partial charge in [0.1, 0.15) is 17.5 Å². The molecule has 0 saturated heterocycles. The fraction of sp³-hybridized carbons (Fsp3) is 0.200. The van der Waals surface area contributed by atoms with E-state index in [0.717, 1.165) is 11.1 Å². The minimum absolute atomic E-state index is 0.102. The van der Waals surface area contributed by atoms with Crippen molar-refractivity contribution in [3.05, 3.63) is 114 Å². The lowest BCUT2D eigenvalue weighted by Gasteiger charge is -2.31. The highest BCUT2D eigenvalue weighted by atomic mass is 16.5. The third-order valence-electron chi connectivity index (χ3n) is 6.12. The number of nitrogens with zero attached hydrogens (tertiary/aromatic N) is 3. The molecule has 0 saturated carbocycles. The quantitative estimate of drug-likeness (QED) is 0.312. The molecule has 0 radical (unpaired) electrons. The van der Waals surface area contributed by atoms with E-state index in [1.807, 2.05) is 54.6 Å². The molecule has 9 nitrogen and oxygen atoms in total. The number of ether oxygens (including phenoxy) is 3. The number of carbonyl (C=O) groups is 2. The fourth-order valence-electron chi connectivity index (χ4n) is 4.18. The van der Waals surface area contributed by atoms with Crippen LogP contribution in [0.5, 0.6) is 17.2 Å². The van der Waals surface area contributed by atoms with Crippen LogP contribution >= 0.6 is 0 Å². The first-order valence-electron chi connectivity index (χ1n) is 12.3. The molecule has 0 aliphatic heterocycles. The average Bonchev–Trinajstić information content (AvgIpc) is 3.00. The van der Waals surface area contributed by atoms with Crippen molar-refractivity contribution in [2.24, 2.45) is 0 Å². The van der Waals surface area contributed by atoms with Gasteiger partial charge in [0.05, 0.1) is 27.5 Å². The maximum atomic E-state index is 13.9. The number of methoxy groups -OCH3 is 3. The molecule has 0 aliphatic rings. The highest BCUT2D eigenvalue weighted by molar-refractivity contribution is 5.96. The number of rotatable bonds is 11. The van der Waals surface area contributed by atoms with Crippen LogP contribution in [0.15, 0.2) is 91.4 Å². The zero-order valence-corrected chi connectivity index (χ0v) is 22.0. The SMILES string of the molecule is COc1cccc(CN(C(=O)c2cnccn2)[C@H](C(=O)NCc2ccccc2)c2ccc(OC)c(OC)c2)c1. The smallest absolute Gasteiger partial charge is 0.275 e. The summed E-state index contributed by atoms with van der Waals surface area (Å²) in [6.07, 6.45) is 4.31. The lowest BCUT2D eigenvalue weighted by molar-refractivity contribution is -0.126. The normalized spacial score (nSPS) is 11.3. The molecule has 0 unspecified atom stereocenters. The van der Waals surface area contributed by atoms with Gasteiger partial charge in [-0.2, -0.15) is 0 Å². The van der Waals surface area contributed by atoms with Gasteiger partial charge in [-0.15, -0.1) is 0 Å². The van der Waals surface area contributed by atoms with Crippen molar-refractivity contribution in [2.45, 2.75) is 19.1 Å². The van der Waals surface area contributed by atoms with Gasteiger partial charge in [0.15, 0.2) is 11.5 Å². The van der Waals surface area contributed by atoms with Crippen molar-refractivity contribution >= 4 is 11.8 Å². The number of aromatic nitrogens is 2. The first-order chi connectivity index (χ1) is 19.0. The minimum atomic E-state index is -1.03. The van der Waals surface area contributed by atoms with Crippen LogP contribution in [0.1, 0.15) is 33.2 Å². The van der Waals surface area contributed by atoms with Crippen LogP contribution in [0.3, 0.4) is 0 Å². The third kappa shape index (κ3) is 6.70. The van der Waals surface area contributed by atoms with E-state index in [-0.39, 0.29) is 24.7 Å². The van der Waals surface area contributed by atoms with Gasteiger partial charge in [-0.25, -0.2) is 4.98 Å². The minimum Gasteiger partial charge on any atom is -0.497 e. The Morgan fingerprint density at radius 1 is 0.846 bits per heavy atom. The van der Waals surface area contributed by atoms with Crippen molar-refractivity contribution < 1.29 is 23.8 Å². The molecule has 0 fully saturated rings. The number of nitrogens with one attached hydrogen (secondary N) is 1. The summed E-state index contributed by atoms with van der Waals surface area (Å²) in [5, 5.41) is 2.99. The van der Waals surface area contributed by atoms with Crippen LogP contribution in [0, 0.1) is 0 Å². The summed E-state index contributed by atoms with van der Waals surface area (Å²) in [7, 11) is 4.63. The summed E-state index contributed by atoms with van der Waals surface area (Å²) >= 11 is 0. The van der Waals surface area contributed by atoms with E-state index < -0.39 is 11.9 Å². The molecule has 1 heterocycles. The first-order valence-corrected chi connectivity index (χ1v) is 12.3. The van der Waals surface area contributed by atoms with Crippen LogP contribution in [-0.4, -0.2) is 48.0 Å². The predicted octanol–water partition coefficient (Wildman–Crippen LogP) is 4.20. The topological polar surface area (TPSA) is 103 Å². The molecular weight excluding hydrogens is 496 g/mol. The van der Waals surface area contributed by atoms with E-state index in [4.69, 9.17) is 14.2 Å². The summed E-state index contributed by atoms with van der Waals surface area (Å²) in [6.45, 7) is 0.389. The van der Waals surface area contributed by atoms with E-state index in [9.17, 15) is 9.59 Å². The van der Waals surface area contributed by atoms with Crippen LogP contribution < -0.4 is 19.5 Å². The molecular formula is C30H30N4O5. The van der Waals surface area contributed by atoms with Gasteiger partial charge in [0.2, 0.25) is 5.91 Å². The highest BCUT2D eigenvalue weighted by Crippen LogP contribution is 2.33. The lowest BCUT2D eigenvalue weighted by Crippen LogP contribution is -2.43. The molecule has 1 N–H and O–H groups in total. The van der Waals surface area contributed by atoms with E-state index in [2.05, 4.69) is 15.3 Å². The molecule has 1 aromatic heterocycles. The summed E-state index contributed by atoms with van der Waals surface area (Å²) in [4.78, 5) is 37.6. The Morgan fingerprint density at radius 3 is 2.31 bits per heavy atom. The number of hydrogen-bond donors (Lipinski definition) is 1. The first kappa shape index (κ1) is 27.1. The zero-order chi connectivity index (χ0) is 27.6. The maximum Gasteiger partial charge on any atom is 0.275 e. The monoisotopic (exact) mass is 526 g/mol. The molecule has 200 valence electrons. The highest BCUT2D eigenvalue weighted by Gasteiger charge is 2.33. The number of benzene rings is 3. The number of amides is 2. The zero-order valence-electron chi connectivity index (χ0n) is 22.0. The van der Waals surface area contributed by atoms with Crippen LogP contribution in [0.25, 0.3) is 0 Å². The molecule has 0 bridgehead atoms. The van der Waals surface area contributed by atoms with Crippen molar-refractivity contribution in [3.63, 3.8) is 0 Å². The Hall–Kier alpha value is -4.92. The van der Waals surface area contributed by atoms with Crippen LogP contribution in [-0.2, 0) is 17.9 Å². The Kier molecular flexibility index (Phi) is 9.07. The second-order valence-electron chi connectivity index (χ2n) is 8.60. The fourth-order valence-corrected chi connectivity index (χ4v) is 4.18. The van der Waals surface area contributed by atoms with E-state index in [1.54, 1.807) is 25.3 Å². The van der Waals surface area contributed by atoms with Gasteiger partial charge >= 0.3 is 0 Å². The van der Waals surface area contributed by atoms with Crippen molar-refractivity contribution in [1.29, 1.82) is 0 Å². The van der Waals surface area contributed by atoms with Gasteiger partial charge in [-0.3, -0.25) is 14.6 Å². The van der Waals surface area contributed by atoms with Crippen molar-refractivity contribution in [3.8, 4) is 17.2 Å². The molecule has 1 atom stereocenters. The predicted molar refractivity (Wildman–Crippen MR) is 145 cm³/mol. The number of hydrogen-bond acceptors (Lipinski definition) is 7. The van der Waals surface area contributed by atoms with E-state index in [0.29, 0.717) is 22.8 Å². The third-order valence-corrected chi connectivity index (χ3v) is 6.12. The van der Waals surface area contributed by atoms with E-state index in [1.165, 1.54) is 37.7 Å². The molecule has 4 aromatic rings. The van der Waals surface area contributed by atoms with Gasteiger partial charge in [0, 0.05) is 25.5 Å². The largest absolute Gasteiger partial charge is 0.497 e. The van der Waals surface area contributed by atoms with Crippen LogP contribution in [0.4, 0.5) is 0 Å². The molecule has 39 heavy (non-hydrogen) atoms. The second-order valence-corrected chi connectivity index (χ2v) is 8.60. The van der Waals surface area contributed by atoms with Gasteiger partial charge < -0.3 is 24.4 Å². The molecule has 2 amide bonds. The summed E-state index contributed by atoms with van der Waals surface area (Å²) in [5.41, 5.74) is 2.35. The van der Waals surface area contributed by atoms with E-state index >= 15 is 0 Å². The molecule has 4 rings (SSSR count). The van der Waals surface area contributed by atoms with Crippen molar-refractivity contribution in [2.75, 3.05) is 21.3 Å². The summed E-state index contributed by atoms with van der Waals surface area (Å²) in [6, 6.07) is 21.0. The molecule has 3 aromatic carbocycles. The second kappa shape index (κ2) is 13.0.